The summed E-state index contributed by atoms with van der Waals surface area (Å²) in [5.74, 6) is 0.432. The fraction of sp³-hybridized carbons (Fsp3) is 0.600. The van der Waals surface area contributed by atoms with E-state index in [2.05, 4.69) is 17.3 Å². The van der Waals surface area contributed by atoms with E-state index in [0.717, 1.165) is 24.2 Å². The van der Waals surface area contributed by atoms with Crippen LogP contribution in [0.25, 0.3) is 0 Å². The second-order valence-electron chi connectivity index (χ2n) is 5.34. The van der Waals surface area contributed by atoms with Crippen molar-refractivity contribution >= 4 is 0 Å². The summed E-state index contributed by atoms with van der Waals surface area (Å²) in [5, 5.41) is 13.4. The standard InChI is InChI=1S/C15H24N2O/c1-12-6-5-7-13(15(12)18)10-16-11-14-8-3-4-9-17(14)2/h5-7,14,16,18H,3-4,8-11H2,1-2H3. The molecular formula is C15H24N2O. The van der Waals surface area contributed by atoms with Gasteiger partial charge in [0.25, 0.3) is 0 Å². The third-order valence-electron chi connectivity index (χ3n) is 3.94. The van der Waals surface area contributed by atoms with Crippen LogP contribution < -0.4 is 5.32 Å². The molecule has 0 radical (unpaired) electrons. The Balaban J connectivity index is 1.83. The minimum Gasteiger partial charge on any atom is -0.507 e. The zero-order chi connectivity index (χ0) is 13.0. The van der Waals surface area contributed by atoms with Crippen LogP contribution in [0.2, 0.25) is 0 Å². The van der Waals surface area contributed by atoms with Crippen LogP contribution in [0.3, 0.4) is 0 Å². The molecule has 18 heavy (non-hydrogen) atoms. The summed E-state index contributed by atoms with van der Waals surface area (Å²) in [7, 11) is 2.20. The van der Waals surface area contributed by atoms with Gasteiger partial charge in [0.05, 0.1) is 0 Å². The molecule has 0 aliphatic carbocycles. The van der Waals surface area contributed by atoms with Gasteiger partial charge in [0.15, 0.2) is 0 Å². The SMILES string of the molecule is Cc1cccc(CNCC2CCCCN2C)c1O. The molecule has 0 bridgehead atoms. The second-order valence-corrected chi connectivity index (χ2v) is 5.34. The zero-order valence-electron chi connectivity index (χ0n) is 11.4. The van der Waals surface area contributed by atoms with Crippen molar-refractivity contribution in [2.24, 2.45) is 0 Å². The summed E-state index contributed by atoms with van der Waals surface area (Å²) in [5.41, 5.74) is 1.94. The largest absolute Gasteiger partial charge is 0.507 e. The van der Waals surface area contributed by atoms with Gasteiger partial charge in [-0.3, -0.25) is 0 Å². The quantitative estimate of drug-likeness (QED) is 0.858. The molecule has 0 saturated carbocycles. The molecular weight excluding hydrogens is 224 g/mol. The first-order valence-corrected chi connectivity index (χ1v) is 6.87. The minimum absolute atomic E-state index is 0.432. The highest BCUT2D eigenvalue weighted by Gasteiger charge is 2.18. The third kappa shape index (κ3) is 3.24. The molecule has 1 aromatic rings. The first kappa shape index (κ1) is 13.4. The van der Waals surface area contributed by atoms with Crippen LogP contribution >= 0.6 is 0 Å². The van der Waals surface area contributed by atoms with Gasteiger partial charge in [-0.15, -0.1) is 0 Å². The van der Waals surface area contributed by atoms with Gasteiger partial charge in [-0.2, -0.15) is 0 Å². The first-order chi connectivity index (χ1) is 8.68. The minimum atomic E-state index is 0.432. The smallest absolute Gasteiger partial charge is 0.122 e. The number of para-hydroxylation sites is 1. The van der Waals surface area contributed by atoms with E-state index in [0.29, 0.717) is 11.8 Å². The number of likely N-dealkylation sites (N-methyl/N-ethyl adjacent to an activating group) is 1. The molecule has 0 aromatic heterocycles. The third-order valence-corrected chi connectivity index (χ3v) is 3.94. The molecule has 1 aliphatic rings. The Labute approximate surface area is 110 Å². The summed E-state index contributed by atoms with van der Waals surface area (Å²) in [6, 6.07) is 6.57. The van der Waals surface area contributed by atoms with Crippen LogP contribution in [-0.4, -0.2) is 36.2 Å². The molecule has 1 aromatic carbocycles. The summed E-state index contributed by atoms with van der Waals surface area (Å²) in [6.07, 6.45) is 3.95. The van der Waals surface area contributed by atoms with Crippen LogP contribution in [0.15, 0.2) is 18.2 Å². The zero-order valence-corrected chi connectivity index (χ0v) is 11.4. The molecule has 1 aliphatic heterocycles. The van der Waals surface area contributed by atoms with E-state index in [1.807, 2.05) is 25.1 Å². The number of aromatic hydroxyl groups is 1. The van der Waals surface area contributed by atoms with Crippen molar-refractivity contribution in [3.05, 3.63) is 29.3 Å². The van der Waals surface area contributed by atoms with Gasteiger partial charge < -0.3 is 15.3 Å². The highest BCUT2D eigenvalue weighted by atomic mass is 16.3. The van der Waals surface area contributed by atoms with Crippen molar-refractivity contribution in [3.63, 3.8) is 0 Å². The van der Waals surface area contributed by atoms with Crippen LogP contribution in [0, 0.1) is 6.92 Å². The maximum atomic E-state index is 9.94. The Morgan fingerprint density at radius 2 is 2.22 bits per heavy atom. The van der Waals surface area contributed by atoms with Crippen LogP contribution in [0.5, 0.6) is 5.75 Å². The Bertz CT molecular complexity index is 392. The number of phenols is 1. The maximum Gasteiger partial charge on any atom is 0.122 e. The summed E-state index contributed by atoms with van der Waals surface area (Å²) < 4.78 is 0. The van der Waals surface area contributed by atoms with Crippen molar-refractivity contribution in [1.29, 1.82) is 0 Å². The number of piperidine rings is 1. The van der Waals surface area contributed by atoms with Gasteiger partial charge >= 0.3 is 0 Å². The summed E-state index contributed by atoms with van der Waals surface area (Å²) >= 11 is 0. The van der Waals surface area contributed by atoms with E-state index in [-0.39, 0.29) is 0 Å². The van der Waals surface area contributed by atoms with Crippen molar-refractivity contribution in [2.45, 2.75) is 38.8 Å². The molecule has 0 spiro atoms. The lowest BCUT2D eigenvalue weighted by Crippen LogP contribution is -2.42. The van der Waals surface area contributed by atoms with Crippen LogP contribution in [0.1, 0.15) is 30.4 Å². The van der Waals surface area contributed by atoms with Crippen LogP contribution in [-0.2, 0) is 6.54 Å². The number of nitrogens with one attached hydrogen (secondary N) is 1. The number of likely N-dealkylation sites (tertiary alicyclic amines) is 1. The Kier molecular flexibility index (Phi) is 4.61. The predicted octanol–water partition coefficient (Wildman–Crippen LogP) is 2.27. The Hall–Kier alpha value is -1.06. The van der Waals surface area contributed by atoms with Gasteiger partial charge in [-0.25, -0.2) is 0 Å². The van der Waals surface area contributed by atoms with E-state index in [9.17, 15) is 5.11 Å². The van der Waals surface area contributed by atoms with E-state index in [1.165, 1.54) is 25.8 Å². The fourth-order valence-corrected chi connectivity index (χ4v) is 2.64. The van der Waals surface area contributed by atoms with Gasteiger partial charge in [-0.05, 0) is 38.9 Å². The lowest BCUT2D eigenvalue weighted by Gasteiger charge is -2.32. The van der Waals surface area contributed by atoms with Gasteiger partial charge in [-0.1, -0.05) is 24.6 Å². The highest BCUT2D eigenvalue weighted by molar-refractivity contribution is 5.39. The molecule has 0 amide bonds. The summed E-state index contributed by atoms with van der Waals surface area (Å²) in [6.45, 7) is 4.90. The Morgan fingerprint density at radius 1 is 1.39 bits per heavy atom. The predicted molar refractivity (Wildman–Crippen MR) is 74.8 cm³/mol. The molecule has 2 N–H and O–H groups in total. The lowest BCUT2D eigenvalue weighted by molar-refractivity contribution is 0.181. The van der Waals surface area contributed by atoms with Crippen LogP contribution in [0.4, 0.5) is 0 Å². The maximum absolute atomic E-state index is 9.94. The molecule has 2 rings (SSSR count). The number of hydrogen-bond donors (Lipinski definition) is 2. The number of benzene rings is 1. The molecule has 1 heterocycles. The normalized spacial score (nSPS) is 21.1. The number of nitrogens with zero attached hydrogens (tertiary/aromatic N) is 1. The molecule has 1 unspecified atom stereocenters. The molecule has 3 heteroatoms. The van der Waals surface area contributed by atoms with Gasteiger partial charge in [0, 0.05) is 24.7 Å². The Morgan fingerprint density at radius 3 is 3.00 bits per heavy atom. The van der Waals surface area contributed by atoms with E-state index >= 15 is 0 Å². The highest BCUT2D eigenvalue weighted by Crippen LogP contribution is 2.21. The molecule has 100 valence electrons. The summed E-state index contributed by atoms with van der Waals surface area (Å²) in [4.78, 5) is 2.44. The van der Waals surface area contributed by atoms with Crippen molar-refractivity contribution in [1.82, 2.24) is 10.2 Å². The molecule has 3 nitrogen and oxygen atoms in total. The molecule has 1 saturated heterocycles. The van der Waals surface area contributed by atoms with E-state index in [1.54, 1.807) is 0 Å². The number of rotatable bonds is 4. The fourth-order valence-electron chi connectivity index (χ4n) is 2.64. The van der Waals surface area contributed by atoms with E-state index < -0.39 is 0 Å². The first-order valence-electron chi connectivity index (χ1n) is 6.87. The van der Waals surface area contributed by atoms with Crippen molar-refractivity contribution < 1.29 is 5.11 Å². The lowest BCUT2D eigenvalue weighted by atomic mass is 10.0. The average molecular weight is 248 g/mol. The molecule has 1 fully saturated rings. The number of phenolic OH excluding ortho intramolecular Hbond substituents is 1. The number of hydrogen-bond acceptors (Lipinski definition) is 3. The van der Waals surface area contributed by atoms with E-state index in [4.69, 9.17) is 0 Å². The average Bonchev–Trinajstić information content (AvgIpc) is 2.37. The number of aryl methyl sites for hydroxylation is 1. The molecule has 1 atom stereocenters. The van der Waals surface area contributed by atoms with Gasteiger partial charge in [0.2, 0.25) is 0 Å². The second kappa shape index (κ2) is 6.21. The van der Waals surface area contributed by atoms with Crippen molar-refractivity contribution in [3.8, 4) is 5.75 Å². The van der Waals surface area contributed by atoms with Crippen molar-refractivity contribution in [2.75, 3.05) is 20.1 Å². The monoisotopic (exact) mass is 248 g/mol. The van der Waals surface area contributed by atoms with Gasteiger partial charge in [0.1, 0.15) is 5.75 Å². The topological polar surface area (TPSA) is 35.5 Å².